The topological polar surface area (TPSA) is 78.4 Å². The molecule has 0 spiro atoms. The second-order valence-corrected chi connectivity index (χ2v) is 5.40. The van der Waals surface area contributed by atoms with Gasteiger partial charge in [-0.15, -0.1) is 0 Å². The Hall–Kier alpha value is -1.53. The molecule has 0 radical (unpaired) electrons. The highest BCUT2D eigenvalue weighted by atomic mass is 16.3. The van der Waals surface area contributed by atoms with Crippen molar-refractivity contribution in [3.63, 3.8) is 0 Å². The second kappa shape index (κ2) is 6.08. The zero-order valence-electron chi connectivity index (χ0n) is 12.2. The molecule has 0 saturated heterocycles. The molecular weight excluding hydrogens is 244 g/mol. The Kier molecular flexibility index (Phi) is 4.97. The Morgan fingerprint density at radius 2 is 2.05 bits per heavy atom. The quantitative estimate of drug-likeness (QED) is 0.792. The smallest absolute Gasteiger partial charge is 0.253 e. The normalized spacial score (nSPS) is 14.3. The maximum Gasteiger partial charge on any atom is 0.253 e. The van der Waals surface area contributed by atoms with Gasteiger partial charge in [-0.05, 0) is 40.9 Å². The van der Waals surface area contributed by atoms with Gasteiger partial charge in [-0.25, -0.2) is 0 Å². The monoisotopic (exact) mass is 266 g/mol. The van der Waals surface area contributed by atoms with Crippen molar-refractivity contribution in [1.82, 2.24) is 20.4 Å². The van der Waals surface area contributed by atoms with E-state index in [9.17, 15) is 9.90 Å². The van der Waals surface area contributed by atoms with Crippen LogP contribution in [0, 0.1) is 13.8 Å². The Labute approximate surface area is 113 Å². The number of carbonyl (C=O) groups excluding carboxylic acids is 1. The van der Waals surface area contributed by atoms with E-state index in [1.807, 2.05) is 19.0 Å². The van der Waals surface area contributed by atoms with Crippen LogP contribution in [0.2, 0.25) is 0 Å². The number of aryl methyl sites for hydroxylation is 2. The van der Waals surface area contributed by atoms with Gasteiger partial charge < -0.3 is 15.3 Å². The van der Waals surface area contributed by atoms with Crippen LogP contribution in [0.3, 0.4) is 0 Å². The lowest BCUT2D eigenvalue weighted by Gasteiger charge is -2.27. The molecular formula is C13H22N4O2. The molecule has 0 aliphatic heterocycles. The maximum absolute atomic E-state index is 12.0. The molecule has 2 N–H and O–H groups in total. The SMILES string of the molecule is Cc1cc(C(=O)NCC(C)(O)CN(C)C)c(C)nn1. The minimum atomic E-state index is -0.970. The van der Waals surface area contributed by atoms with E-state index in [2.05, 4.69) is 15.5 Å². The summed E-state index contributed by atoms with van der Waals surface area (Å²) in [4.78, 5) is 13.9. The number of aliphatic hydroxyl groups is 1. The molecule has 1 amide bonds. The molecule has 1 rings (SSSR count). The van der Waals surface area contributed by atoms with Gasteiger partial charge in [0.25, 0.3) is 5.91 Å². The highest BCUT2D eigenvalue weighted by Gasteiger charge is 2.23. The number of likely N-dealkylation sites (N-methyl/N-ethyl adjacent to an activating group) is 1. The van der Waals surface area contributed by atoms with Crippen LogP contribution in [0.5, 0.6) is 0 Å². The van der Waals surface area contributed by atoms with Crippen LogP contribution < -0.4 is 5.32 Å². The number of carbonyl (C=O) groups is 1. The molecule has 106 valence electrons. The first kappa shape index (κ1) is 15.5. The highest BCUT2D eigenvalue weighted by molar-refractivity contribution is 5.95. The molecule has 1 heterocycles. The van der Waals surface area contributed by atoms with E-state index in [1.165, 1.54) is 0 Å². The number of hydrogen-bond donors (Lipinski definition) is 2. The first-order chi connectivity index (χ1) is 8.71. The third-order valence-corrected chi connectivity index (χ3v) is 2.63. The average Bonchev–Trinajstić information content (AvgIpc) is 2.27. The summed E-state index contributed by atoms with van der Waals surface area (Å²) in [5.41, 5.74) is 0.794. The van der Waals surface area contributed by atoms with Gasteiger partial charge in [0, 0.05) is 13.1 Å². The summed E-state index contributed by atoms with van der Waals surface area (Å²) in [7, 11) is 3.74. The van der Waals surface area contributed by atoms with Crippen molar-refractivity contribution in [2.45, 2.75) is 26.4 Å². The van der Waals surface area contributed by atoms with E-state index in [-0.39, 0.29) is 12.5 Å². The summed E-state index contributed by atoms with van der Waals surface area (Å²) >= 11 is 0. The Balaban J connectivity index is 2.68. The lowest BCUT2D eigenvalue weighted by atomic mass is 10.1. The summed E-state index contributed by atoms with van der Waals surface area (Å²) in [6.45, 7) is 5.87. The number of aromatic nitrogens is 2. The predicted octanol–water partition coefficient (Wildman–Crippen LogP) is 0.136. The van der Waals surface area contributed by atoms with Crippen LogP contribution in [0.15, 0.2) is 6.07 Å². The summed E-state index contributed by atoms with van der Waals surface area (Å²) < 4.78 is 0. The predicted molar refractivity (Wildman–Crippen MR) is 73.0 cm³/mol. The lowest BCUT2D eigenvalue weighted by molar-refractivity contribution is 0.0325. The highest BCUT2D eigenvalue weighted by Crippen LogP contribution is 2.07. The molecule has 0 saturated carbocycles. The van der Waals surface area contributed by atoms with Gasteiger partial charge in [0.2, 0.25) is 0 Å². The fraction of sp³-hybridized carbons (Fsp3) is 0.615. The van der Waals surface area contributed by atoms with Crippen LogP contribution in [0.4, 0.5) is 0 Å². The molecule has 1 unspecified atom stereocenters. The molecule has 0 bridgehead atoms. The van der Waals surface area contributed by atoms with Crippen molar-refractivity contribution in [3.05, 3.63) is 23.0 Å². The van der Waals surface area contributed by atoms with E-state index in [0.29, 0.717) is 23.5 Å². The summed E-state index contributed by atoms with van der Waals surface area (Å²) in [5, 5.41) is 20.6. The fourth-order valence-electron chi connectivity index (χ4n) is 1.88. The van der Waals surface area contributed by atoms with E-state index >= 15 is 0 Å². The van der Waals surface area contributed by atoms with Gasteiger partial charge in [-0.1, -0.05) is 0 Å². The van der Waals surface area contributed by atoms with Gasteiger partial charge in [-0.3, -0.25) is 4.79 Å². The minimum Gasteiger partial charge on any atom is -0.387 e. The van der Waals surface area contributed by atoms with Crippen LogP contribution in [0.1, 0.15) is 28.7 Å². The third kappa shape index (κ3) is 4.92. The van der Waals surface area contributed by atoms with Crippen molar-refractivity contribution >= 4 is 5.91 Å². The van der Waals surface area contributed by atoms with Gasteiger partial charge >= 0.3 is 0 Å². The molecule has 0 fully saturated rings. The van der Waals surface area contributed by atoms with Crippen LogP contribution in [-0.2, 0) is 0 Å². The number of amides is 1. The van der Waals surface area contributed by atoms with Crippen molar-refractivity contribution in [3.8, 4) is 0 Å². The van der Waals surface area contributed by atoms with Crippen molar-refractivity contribution in [2.75, 3.05) is 27.2 Å². The van der Waals surface area contributed by atoms with E-state index in [0.717, 1.165) is 0 Å². The summed E-state index contributed by atoms with van der Waals surface area (Å²) in [5.74, 6) is -0.241. The molecule has 0 aromatic carbocycles. The van der Waals surface area contributed by atoms with E-state index in [1.54, 1.807) is 26.8 Å². The summed E-state index contributed by atoms with van der Waals surface area (Å²) in [6, 6.07) is 1.69. The number of hydrogen-bond acceptors (Lipinski definition) is 5. The standard InChI is InChI=1S/C13H22N4O2/c1-9-6-11(10(2)16-15-9)12(18)14-7-13(3,19)8-17(4)5/h6,19H,7-8H2,1-5H3,(H,14,18). The Morgan fingerprint density at radius 3 is 2.63 bits per heavy atom. The van der Waals surface area contributed by atoms with Gasteiger partial charge in [0.05, 0.1) is 22.6 Å². The molecule has 1 aromatic rings. The van der Waals surface area contributed by atoms with Crippen LogP contribution in [0.25, 0.3) is 0 Å². The Bertz CT molecular complexity index is 458. The fourth-order valence-corrected chi connectivity index (χ4v) is 1.88. The average molecular weight is 266 g/mol. The van der Waals surface area contributed by atoms with Crippen molar-refractivity contribution in [1.29, 1.82) is 0 Å². The molecule has 19 heavy (non-hydrogen) atoms. The van der Waals surface area contributed by atoms with E-state index < -0.39 is 5.60 Å². The van der Waals surface area contributed by atoms with Crippen LogP contribution >= 0.6 is 0 Å². The summed E-state index contributed by atoms with van der Waals surface area (Å²) in [6.07, 6.45) is 0. The van der Waals surface area contributed by atoms with Crippen molar-refractivity contribution in [2.24, 2.45) is 0 Å². The van der Waals surface area contributed by atoms with E-state index in [4.69, 9.17) is 0 Å². The first-order valence-electron chi connectivity index (χ1n) is 6.17. The van der Waals surface area contributed by atoms with Gasteiger partial charge in [-0.2, -0.15) is 10.2 Å². The zero-order chi connectivity index (χ0) is 14.6. The van der Waals surface area contributed by atoms with Crippen molar-refractivity contribution < 1.29 is 9.90 Å². The molecule has 6 heteroatoms. The number of rotatable bonds is 5. The Morgan fingerprint density at radius 1 is 1.42 bits per heavy atom. The first-order valence-corrected chi connectivity index (χ1v) is 6.17. The maximum atomic E-state index is 12.0. The molecule has 1 aromatic heterocycles. The third-order valence-electron chi connectivity index (χ3n) is 2.63. The number of nitrogens with zero attached hydrogens (tertiary/aromatic N) is 3. The molecule has 6 nitrogen and oxygen atoms in total. The molecule has 0 aliphatic carbocycles. The van der Waals surface area contributed by atoms with Gasteiger partial charge in [0.15, 0.2) is 0 Å². The number of nitrogens with one attached hydrogen (secondary N) is 1. The zero-order valence-corrected chi connectivity index (χ0v) is 12.2. The molecule has 0 aliphatic rings. The lowest BCUT2D eigenvalue weighted by Crippen LogP contribution is -2.47. The second-order valence-electron chi connectivity index (χ2n) is 5.40. The van der Waals surface area contributed by atoms with Gasteiger partial charge in [0.1, 0.15) is 0 Å². The van der Waals surface area contributed by atoms with Crippen LogP contribution in [-0.4, -0.2) is 58.9 Å². The molecule has 1 atom stereocenters. The minimum absolute atomic E-state index is 0.185. The largest absolute Gasteiger partial charge is 0.387 e.